The Balaban J connectivity index is 1.20. The number of carbonyl (C=O) groups excluding carboxylic acids is 1. The van der Waals surface area contributed by atoms with E-state index in [0.29, 0.717) is 21.7 Å². The van der Waals surface area contributed by atoms with E-state index in [0.717, 1.165) is 45.2 Å². The first kappa shape index (κ1) is 32.4. The number of nitrogens with zero attached hydrogens (tertiary/aromatic N) is 3. The molecule has 0 unspecified atom stereocenters. The quantitative estimate of drug-likeness (QED) is 0.191. The molecule has 45 heavy (non-hydrogen) atoms. The molecule has 2 heterocycles. The molecule has 0 radical (unpaired) electrons. The Bertz CT molecular complexity index is 1580. The topological polar surface area (TPSA) is 54.4 Å². The van der Waals surface area contributed by atoms with Crippen LogP contribution in [0.15, 0.2) is 76.6 Å². The summed E-state index contributed by atoms with van der Waals surface area (Å²) in [4.78, 5) is 21.8. The van der Waals surface area contributed by atoms with Gasteiger partial charge in [-0.2, -0.15) is 31.3 Å². The zero-order valence-electron chi connectivity index (χ0n) is 24.1. The van der Waals surface area contributed by atoms with E-state index in [1.54, 1.807) is 18.2 Å². The molecular formula is C32H29F6N3O3S. The van der Waals surface area contributed by atoms with E-state index in [1.165, 1.54) is 30.5 Å². The van der Waals surface area contributed by atoms with Crippen molar-refractivity contribution < 1.29 is 40.6 Å². The van der Waals surface area contributed by atoms with Crippen molar-refractivity contribution in [3.8, 4) is 11.5 Å². The molecule has 1 amide bonds. The molecule has 0 N–H and O–H groups in total. The minimum Gasteiger partial charge on any atom is -0.493 e. The maximum absolute atomic E-state index is 13.5. The number of halogens is 6. The number of ether oxygens (including phenoxy) is 2. The van der Waals surface area contributed by atoms with Crippen LogP contribution in [0.3, 0.4) is 0 Å². The Kier molecular flexibility index (Phi) is 9.78. The van der Waals surface area contributed by atoms with Crippen LogP contribution in [-0.2, 0) is 30.2 Å². The highest BCUT2D eigenvalue weighted by molar-refractivity contribution is 8.18. The summed E-state index contributed by atoms with van der Waals surface area (Å²) < 4.78 is 90.4. The minimum absolute atomic E-state index is 0.0732. The van der Waals surface area contributed by atoms with E-state index in [2.05, 4.69) is 26.9 Å². The monoisotopic (exact) mass is 649 g/mol. The Morgan fingerprint density at radius 2 is 1.62 bits per heavy atom. The van der Waals surface area contributed by atoms with E-state index in [-0.39, 0.29) is 23.5 Å². The molecule has 5 rings (SSSR count). The summed E-state index contributed by atoms with van der Waals surface area (Å²) in [6.07, 6.45) is -7.32. The van der Waals surface area contributed by atoms with E-state index >= 15 is 0 Å². The van der Waals surface area contributed by atoms with Gasteiger partial charge in [-0.05, 0) is 59.7 Å². The van der Waals surface area contributed by atoms with Crippen molar-refractivity contribution in [1.82, 2.24) is 9.80 Å². The third-order valence-corrected chi connectivity index (χ3v) is 8.47. The van der Waals surface area contributed by atoms with Crippen molar-refractivity contribution in [2.24, 2.45) is 4.99 Å². The maximum Gasteiger partial charge on any atom is 0.416 e. The fourth-order valence-electron chi connectivity index (χ4n) is 4.97. The molecular weight excluding hydrogens is 620 g/mol. The van der Waals surface area contributed by atoms with Gasteiger partial charge in [0.05, 0.1) is 23.1 Å². The van der Waals surface area contributed by atoms with Gasteiger partial charge >= 0.3 is 12.4 Å². The number of hydrogen-bond donors (Lipinski definition) is 0. The number of carbonyl (C=O) groups is 1. The predicted octanol–water partition coefficient (Wildman–Crippen LogP) is 7.14. The van der Waals surface area contributed by atoms with Gasteiger partial charge in [-0.15, -0.1) is 0 Å². The van der Waals surface area contributed by atoms with Gasteiger partial charge in [-0.25, -0.2) is 0 Å². The highest BCUT2D eigenvalue weighted by atomic mass is 32.2. The number of piperazine rings is 1. The number of benzene rings is 3. The number of alkyl halides is 6. The molecule has 0 spiro atoms. The highest BCUT2D eigenvalue weighted by Gasteiger charge is 2.38. The van der Waals surface area contributed by atoms with Gasteiger partial charge in [-0.3, -0.25) is 9.69 Å². The molecule has 2 aliphatic rings. The third-order valence-electron chi connectivity index (χ3n) is 7.42. The molecule has 13 heteroatoms. The van der Waals surface area contributed by atoms with Gasteiger partial charge < -0.3 is 14.4 Å². The van der Waals surface area contributed by atoms with Gasteiger partial charge in [0.25, 0.3) is 5.91 Å². The lowest BCUT2D eigenvalue weighted by Gasteiger charge is -2.35. The molecule has 0 bridgehead atoms. The summed E-state index contributed by atoms with van der Waals surface area (Å²) in [5, 5.41) is 0.637. The first-order valence-corrected chi connectivity index (χ1v) is 14.8. The summed E-state index contributed by atoms with van der Waals surface area (Å²) in [6.45, 7) is 3.52. The summed E-state index contributed by atoms with van der Waals surface area (Å²) in [6, 6.07) is 16.3. The molecule has 0 atom stereocenters. The Hall–Kier alpha value is -3.97. The standard InChI is InChI=1S/C32H29F6N3O3S/c1-43-27-17-22(7-10-26(27)44-20-23-8-9-24(31(33,34)35)19-25(23)32(36,37)38)18-28-29(42)39-30(45-28)41-15-13-40(14-16-41)12-11-21-5-3-2-4-6-21/h2-10,17-19H,11-16,20H2,1H3. The largest absolute Gasteiger partial charge is 0.493 e. The zero-order chi connectivity index (χ0) is 32.2. The lowest BCUT2D eigenvalue weighted by atomic mass is 10.0. The lowest BCUT2D eigenvalue weighted by Crippen LogP contribution is -2.48. The Morgan fingerprint density at radius 1 is 0.889 bits per heavy atom. The SMILES string of the molecule is COc1cc(C=C2SC(N3CCN(CCc4ccccc4)CC3)=NC2=O)ccc1OCc1ccc(C(F)(F)F)cc1C(F)(F)F. The average molecular weight is 650 g/mol. The van der Waals surface area contributed by atoms with Crippen LogP contribution >= 0.6 is 11.8 Å². The van der Waals surface area contributed by atoms with Crippen LogP contribution in [0.5, 0.6) is 11.5 Å². The molecule has 6 nitrogen and oxygen atoms in total. The Labute approximate surface area is 260 Å². The van der Waals surface area contributed by atoms with Crippen LogP contribution in [0.2, 0.25) is 0 Å². The molecule has 3 aromatic rings. The molecule has 0 saturated carbocycles. The van der Waals surface area contributed by atoms with Gasteiger partial charge in [0.1, 0.15) is 6.61 Å². The van der Waals surface area contributed by atoms with E-state index in [1.807, 2.05) is 18.2 Å². The number of amidine groups is 1. The molecule has 0 aromatic heterocycles. The summed E-state index contributed by atoms with van der Waals surface area (Å²) in [5.74, 6) is -0.115. The number of thioether (sulfide) groups is 1. The number of amides is 1. The molecule has 238 valence electrons. The summed E-state index contributed by atoms with van der Waals surface area (Å²) in [7, 11) is 1.34. The van der Waals surface area contributed by atoms with Crippen molar-refractivity contribution in [3.63, 3.8) is 0 Å². The van der Waals surface area contributed by atoms with Crippen molar-refractivity contribution in [1.29, 1.82) is 0 Å². The number of hydrogen-bond acceptors (Lipinski definition) is 6. The van der Waals surface area contributed by atoms with Crippen LogP contribution in [0.1, 0.15) is 27.8 Å². The summed E-state index contributed by atoms with van der Waals surface area (Å²) >= 11 is 1.27. The van der Waals surface area contributed by atoms with E-state index in [4.69, 9.17) is 9.47 Å². The Morgan fingerprint density at radius 3 is 2.29 bits per heavy atom. The van der Waals surface area contributed by atoms with Gasteiger partial charge in [0.15, 0.2) is 16.7 Å². The third kappa shape index (κ3) is 8.20. The number of methoxy groups -OCH3 is 1. The highest BCUT2D eigenvalue weighted by Crippen LogP contribution is 2.39. The molecule has 3 aromatic carbocycles. The maximum atomic E-state index is 13.5. The smallest absolute Gasteiger partial charge is 0.416 e. The molecule has 2 aliphatic heterocycles. The predicted molar refractivity (Wildman–Crippen MR) is 160 cm³/mol. The molecule has 1 saturated heterocycles. The van der Waals surface area contributed by atoms with Crippen LogP contribution in [0, 0.1) is 0 Å². The second kappa shape index (κ2) is 13.6. The fraction of sp³-hybridized carbons (Fsp3) is 0.312. The fourth-order valence-corrected chi connectivity index (χ4v) is 5.94. The molecule has 1 fully saturated rings. The van der Waals surface area contributed by atoms with Crippen molar-refractivity contribution in [3.05, 3.63) is 99.5 Å². The van der Waals surface area contributed by atoms with E-state index in [9.17, 15) is 31.1 Å². The van der Waals surface area contributed by atoms with Crippen LogP contribution in [0.4, 0.5) is 26.3 Å². The zero-order valence-corrected chi connectivity index (χ0v) is 24.9. The minimum atomic E-state index is -5.01. The average Bonchev–Trinajstić information content (AvgIpc) is 3.38. The number of rotatable bonds is 8. The van der Waals surface area contributed by atoms with Crippen LogP contribution in [0.25, 0.3) is 6.08 Å². The van der Waals surface area contributed by atoms with Crippen LogP contribution < -0.4 is 9.47 Å². The van der Waals surface area contributed by atoms with Gasteiger partial charge in [0.2, 0.25) is 0 Å². The second-order valence-electron chi connectivity index (χ2n) is 10.4. The van der Waals surface area contributed by atoms with Crippen molar-refractivity contribution in [2.75, 3.05) is 39.8 Å². The lowest BCUT2D eigenvalue weighted by molar-refractivity contribution is -0.143. The second-order valence-corrected chi connectivity index (χ2v) is 11.4. The van der Waals surface area contributed by atoms with Crippen LogP contribution in [-0.4, -0.2) is 60.7 Å². The van der Waals surface area contributed by atoms with Crippen molar-refractivity contribution >= 4 is 28.9 Å². The van der Waals surface area contributed by atoms with Gasteiger partial charge in [0, 0.05) is 38.3 Å². The van der Waals surface area contributed by atoms with Gasteiger partial charge in [-0.1, -0.05) is 42.5 Å². The normalized spacial score (nSPS) is 17.1. The first-order valence-electron chi connectivity index (χ1n) is 14.0. The number of aliphatic imine (C=N–C) groups is 1. The van der Waals surface area contributed by atoms with E-state index < -0.39 is 35.6 Å². The summed E-state index contributed by atoms with van der Waals surface area (Å²) in [5.41, 5.74) is -1.43. The molecule has 0 aliphatic carbocycles. The first-order chi connectivity index (χ1) is 21.4. The van der Waals surface area contributed by atoms with Crippen molar-refractivity contribution in [2.45, 2.75) is 25.4 Å².